The third-order valence-electron chi connectivity index (χ3n) is 3.15. The predicted octanol–water partition coefficient (Wildman–Crippen LogP) is 1.88. The van der Waals surface area contributed by atoms with Crippen LogP contribution in [0, 0.1) is 11.7 Å². The van der Waals surface area contributed by atoms with E-state index in [9.17, 15) is 4.79 Å². The number of rotatable bonds is 4. The summed E-state index contributed by atoms with van der Waals surface area (Å²) in [4.78, 5) is 14.3. The first-order valence-electron chi connectivity index (χ1n) is 6.70. The minimum atomic E-state index is -0.0783. The van der Waals surface area contributed by atoms with E-state index in [1.165, 1.54) is 9.36 Å². The molecule has 0 saturated heterocycles. The summed E-state index contributed by atoms with van der Waals surface area (Å²) in [5, 5.41) is 4.19. The fourth-order valence-corrected chi connectivity index (χ4v) is 2.39. The van der Waals surface area contributed by atoms with Gasteiger partial charge in [-0.05, 0) is 45.1 Å². The van der Waals surface area contributed by atoms with Crippen molar-refractivity contribution in [2.45, 2.75) is 33.4 Å². The van der Waals surface area contributed by atoms with Gasteiger partial charge in [-0.1, -0.05) is 18.2 Å². The average Bonchev–Trinajstić information content (AvgIpc) is 2.67. The summed E-state index contributed by atoms with van der Waals surface area (Å²) in [5.41, 5.74) is 0.855. The lowest BCUT2D eigenvalue weighted by Gasteiger charge is -2.26. The van der Waals surface area contributed by atoms with Gasteiger partial charge in [-0.2, -0.15) is 5.10 Å². The van der Waals surface area contributed by atoms with Gasteiger partial charge in [-0.25, -0.2) is 9.36 Å². The van der Waals surface area contributed by atoms with Crippen molar-refractivity contribution in [2.24, 2.45) is 0 Å². The zero-order chi connectivity index (χ0) is 15.6. The normalized spacial score (nSPS) is 10.9. The Labute approximate surface area is 128 Å². The number of carbonyl (C=O) groups excluding carboxylic acids is 1. The Morgan fingerprint density at radius 3 is 2.48 bits per heavy atom. The molecule has 2 N–H and O–H groups in total. The molecule has 2 aromatic rings. The minimum Gasteiger partial charge on any atom is -0.335 e. The number of hydrogen-bond donors (Lipinski definition) is 1. The summed E-state index contributed by atoms with van der Waals surface area (Å²) in [6.45, 7) is 5.75. The Bertz CT molecular complexity index is 689. The Kier molecular flexibility index (Phi) is 4.42. The Hall–Kier alpha value is -2.15. The van der Waals surface area contributed by atoms with Crippen LogP contribution in [0.3, 0.4) is 0 Å². The number of carbonyl (C=O) groups is 1. The topological polar surface area (TPSA) is 69.1 Å². The molecule has 2 rings (SSSR count). The number of para-hydroxylation sites is 1. The predicted molar refractivity (Wildman–Crippen MR) is 85.0 cm³/mol. The van der Waals surface area contributed by atoms with Gasteiger partial charge in [0, 0.05) is 11.7 Å². The fraction of sp³-hybridized carbons (Fsp3) is 0.357. The van der Waals surface area contributed by atoms with Gasteiger partial charge in [-0.15, -0.1) is 0 Å². The highest BCUT2D eigenvalue weighted by Crippen LogP contribution is 2.17. The molecule has 1 aromatic carbocycles. The smallest absolute Gasteiger partial charge is 0.249 e. The second-order valence-electron chi connectivity index (χ2n) is 5.05. The second kappa shape index (κ2) is 6.09. The van der Waals surface area contributed by atoms with Crippen molar-refractivity contribution in [2.75, 3.05) is 10.7 Å². The van der Waals surface area contributed by atoms with Crippen LogP contribution in [0.1, 0.15) is 19.7 Å². The van der Waals surface area contributed by atoms with Gasteiger partial charge in [0.25, 0.3) is 0 Å². The molecule has 112 valence electrons. The van der Waals surface area contributed by atoms with Crippen LogP contribution in [-0.2, 0) is 11.3 Å². The molecule has 6 nitrogen and oxygen atoms in total. The van der Waals surface area contributed by atoms with Crippen LogP contribution in [0.2, 0.25) is 0 Å². The van der Waals surface area contributed by atoms with Crippen molar-refractivity contribution >= 4 is 23.8 Å². The highest BCUT2D eigenvalue weighted by atomic mass is 32.1. The molecule has 1 amide bonds. The van der Waals surface area contributed by atoms with Crippen molar-refractivity contribution in [3.63, 3.8) is 0 Å². The molecular formula is C14H19N5OS. The van der Waals surface area contributed by atoms with Crippen LogP contribution in [0.5, 0.6) is 0 Å². The summed E-state index contributed by atoms with van der Waals surface area (Å²) in [7, 11) is 0. The SMILES string of the molecule is Cc1nn(CC(=O)N(c2ccccc2)C(C)C)c(=S)n1N. The van der Waals surface area contributed by atoms with Gasteiger partial charge in [0.05, 0.1) is 0 Å². The highest BCUT2D eigenvalue weighted by molar-refractivity contribution is 7.71. The molecule has 0 radical (unpaired) electrons. The molecule has 0 bridgehead atoms. The van der Waals surface area contributed by atoms with Crippen LogP contribution in [0.15, 0.2) is 30.3 Å². The van der Waals surface area contributed by atoms with E-state index in [-0.39, 0.29) is 18.5 Å². The van der Waals surface area contributed by atoms with Crippen LogP contribution >= 0.6 is 12.2 Å². The van der Waals surface area contributed by atoms with E-state index >= 15 is 0 Å². The average molecular weight is 305 g/mol. The van der Waals surface area contributed by atoms with Gasteiger partial charge in [0.2, 0.25) is 10.7 Å². The fourth-order valence-electron chi connectivity index (χ4n) is 2.15. The molecule has 0 fully saturated rings. The first-order chi connectivity index (χ1) is 9.91. The van der Waals surface area contributed by atoms with E-state index in [1.54, 1.807) is 11.8 Å². The minimum absolute atomic E-state index is 0.0372. The molecule has 0 aliphatic carbocycles. The van der Waals surface area contributed by atoms with Crippen molar-refractivity contribution in [3.05, 3.63) is 40.9 Å². The molecular weight excluding hydrogens is 286 g/mol. The second-order valence-corrected chi connectivity index (χ2v) is 5.42. The lowest BCUT2D eigenvalue weighted by molar-refractivity contribution is -0.119. The van der Waals surface area contributed by atoms with Crippen molar-refractivity contribution in [1.29, 1.82) is 0 Å². The Morgan fingerprint density at radius 1 is 1.38 bits per heavy atom. The summed E-state index contributed by atoms with van der Waals surface area (Å²) >= 11 is 5.17. The monoisotopic (exact) mass is 305 g/mol. The number of aryl methyl sites for hydroxylation is 1. The highest BCUT2D eigenvalue weighted by Gasteiger charge is 2.20. The number of anilines is 1. The van der Waals surface area contributed by atoms with Crippen LogP contribution in [0.4, 0.5) is 5.69 Å². The molecule has 7 heteroatoms. The molecule has 21 heavy (non-hydrogen) atoms. The van der Waals surface area contributed by atoms with E-state index in [0.29, 0.717) is 10.6 Å². The largest absolute Gasteiger partial charge is 0.335 e. The van der Waals surface area contributed by atoms with Crippen molar-refractivity contribution < 1.29 is 4.79 Å². The quantitative estimate of drug-likeness (QED) is 0.691. The summed E-state index contributed by atoms with van der Waals surface area (Å²) < 4.78 is 3.08. The molecule has 0 spiro atoms. The maximum Gasteiger partial charge on any atom is 0.249 e. The molecule has 0 aliphatic rings. The number of amides is 1. The van der Waals surface area contributed by atoms with E-state index in [0.717, 1.165) is 5.69 Å². The number of nitrogen functional groups attached to an aromatic ring is 1. The number of nitrogens with two attached hydrogens (primary N) is 1. The van der Waals surface area contributed by atoms with Gasteiger partial charge in [-0.3, -0.25) is 4.79 Å². The molecule has 0 unspecified atom stereocenters. The summed E-state index contributed by atoms with van der Waals surface area (Å²) in [6.07, 6.45) is 0. The first-order valence-corrected chi connectivity index (χ1v) is 7.11. The van der Waals surface area contributed by atoms with Gasteiger partial charge in [0.1, 0.15) is 12.4 Å². The Morgan fingerprint density at radius 2 is 2.00 bits per heavy atom. The van der Waals surface area contributed by atoms with Crippen LogP contribution in [-0.4, -0.2) is 26.4 Å². The first kappa shape index (κ1) is 15.2. The van der Waals surface area contributed by atoms with E-state index in [2.05, 4.69) is 5.10 Å². The number of nitrogens with zero attached hydrogens (tertiary/aromatic N) is 4. The van der Waals surface area contributed by atoms with Crippen molar-refractivity contribution in [3.8, 4) is 0 Å². The van der Waals surface area contributed by atoms with Gasteiger partial charge >= 0.3 is 0 Å². The zero-order valence-electron chi connectivity index (χ0n) is 12.4. The standard InChI is InChI=1S/C14H19N5OS/c1-10(2)18(12-7-5-4-6-8-12)13(20)9-17-14(21)19(15)11(3)16-17/h4-8,10H,9,15H2,1-3H3. The molecule has 1 aromatic heterocycles. The van der Waals surface area contributed by atoms with Crippen LogP contribution < -0.4 is 10.7 Å². The molecule has 0 atom stereocenters. The van der Waals surface area contributed by atoms with Gasteiger partial charge in [0.15, 0.2) is 0 Å². The number of benzene rings is 1. The summed E-state index contributed by atoms with van der Waals surface area (Å²) in [6, 6.07) is 9.58. The number of aromatic nitrogens is 3. The van der Waals surface area contributed by atoms with Crippen LogP contribution in [0.25, 0.3) is 0 Å². The molecule has 1 heterocycles. The van der Waals surface area contributed by atoms with E-state index < -0.39 is 0 Å². The molecule has 0 aliphatic heterocycles. The van der Waals surface area contributed by atoms with E-state index in [4.69, 9.17) is 18.1 Å². The summed E-state index contributed by atoms with van der Waals surface area (Å²) in [5.74, 6) is 6.22. The van der Waals surface area contributed by atoms with Crippen molar-refractivity contribution in [1.82, 2.24) is 14.5 Å². The maximum absolute atomic E-state index is 12.6. The third-order valence-corrected chi connectivity index (χ3v) is 3.55. The number of hydrogen-bond acceptors (Lipinski definition) is 4. The zero-order valence-corrected chi connectivity index (χ0v) is 13.2. The lowest BCUT2D eigenvalue weighted by atomic mass is 10.2. The van der Waals surface area contributed by atoms with E-state index in [1.807, 2.05) is 44.2 Å². The lowest BCUT2D eigenvalue weighted by Crippen LogP contribution is -2.39. The third kappa shape index (κ3) is 3.13. The Balaban J connectivity index is 2.28. The van der Waals surface area contributed by atoms with Gasteiger partial charge < -0.3 is 10.7 Å². The molecule has 0 saturated carbocycles. The maximum atomic E-state index is 12.6.